The van der Waals surface area contributed by atoms with Crippen molar-refractivity contribution in [3.8, 4) is 0 Å². The number of hydrogen-bond donors (Lipinski definition) is 2. The van der Waals surface area contributed by atoms with Crippen molar-refractivity contribution in [2.75, 3.05) is 26.2 Å². The van der Waals surface area contributed by atoms with Crippen LogP contribution in [0.4, 0.5) is 0 Å². The topological polar surface area (TPSA) is 99.2 Å². The zero-order valence-corrected chi connectivity index (χ0v) is 12.7. The fraction of sp³-hybridized carbons (Fsp3) is 0.786. The zero-order chi connectivity index (χ0) is 15.6. The van der Waals surface area contributed by atoms with Crippen LogP contribution in [0.1, 0.15) is 33.1 Å². The van der Waals surface area contributed by atoms with E-state index < -0.39 is 5.41 Å². The molecule has 2 aliphatic rings. The minimum Gasteiger partial charge on any atom is -0.409 e. The van der Waals surface area contributed by atoms with Gasteiger partial charge in [-0.3, -0.25) is 9.59 Å². The Balaban J connectivity index is 2.10. The van der Waals surface area contributed by atoms with E-state index >= 15 is 0 Å². The second-order valence-corrected chi connectivity index (χ2v) is 6.23. The van der Waals surface area contributed by atoms with Crippen LogP contribution >= 0.6 is 0 Å². The maximum atomic E-state index is 12.8. The molecule has 1 heterocycles. The number of nitrogens with zero attached hydrogens (tertiary/aromatic N) is 3. The van der Waals surface area contributed by atoms with Gasteiger partial charge in [0.05, 0.1) is 0 Å². The third-order valence-corrected chi connectivity index (χ3v) is 4.63. The van der Waals surface area contributed by atoms with E-state index in [-0.39, 0.29) is 17.6 Å². The molecule has 1 aliphatic heterocycles. The van der Waals surface area contributed by atoms with Crippen molar-refractivity contribution in [3.63, 3.8) is 0 Å². The minimum atomic E-state index is -0.848. The quantitative estimate of drug-likeness (QED) is 0.330. The predicted octanol–water partition coefficient (Wildman–Crippen LogP) is 0.230. The number of amidine groups is 1. The van der Waals surface area contributed by atoms with Gasteiger partial charge in [0.1, 0.15) is 5.41 Å². The number of amides is 2. The lowest BCUT2D eigenvalue weighted by Gasteiger charge is -2.46. The van der Waals surface area contributed by atoms with E-state index in [1.54, 1.807) is 16.7 Å². The molecule has 1 saturated carbocycles. The minimum absolute atomic E-state index is 0.0123. The maximum Gasteiger partial charge on any atom is 0.236 e. The summed E-state index contributed by atoms with van der Waals surface area (Å²) < 4.78 is 0. The van der Waals surface area contributed by atoms with Gasteiger partial charge in [0.2, 0.25) is 11.8 Å². The molecule has 3 N–H and O–H groups in total. The summed E-state index contributed by atoms with van der Waals surface area (Å²) in [5.74, 6) is 0.377. The highest BCUT2D eigenvalue weighted by atomic mass is 16.4. The Morgan fingerprint density at radius 2 is 1.76 bits per heavy atom. The fourth-order valence-electron chi connectivity index (χ4n) is 3.46. The average molecular weight is 296 g/mol. The molecule has 0 aromatic heterocycles. The molecule has 0 aromatic rings. The molecule has 0 radical (unpaired) electrons. The first kappa shape index (κ1) is 15.6. The van der Waals surface area contributed by atoms with Crippen LogP contribution in [0.2, 0.25) is 0 Å². The molecule has 1 aliphatic carbocycles. The summed E-state index contributed by atoms with van der Waals surface area (Å²) in [5, 5.41) is 12.1. The van der Waals surface area contributed by atoms with Crippen molar-refractivity contribution >= 4 is 17.6 Å². The lowest BCUT2D eigenvalue weighted by molar-refractivity contribution is -0.144. The van der Waals surface area contributed by atoms with Gasteiger partial charge in [-0.25, -0.2) is 0 Å². The SMILES string of the molecule is CC(=O)N1CCCN(C(=O)C2(C(N)=NO)CC(C)C2)CC1. The van der Waals surface area contributed by atoms with Crippen LogP contribution in [0.3, 0.4) is 0 Å². The summed E-state index contributed by atoms with van der Waals surface area (Å²) >= 11 is 0. The molecule has 2 amide bonds. The predicted molar refractivity (Wildman–Crippen MR) is 77.7 cm³/mol. The Labute approximate surface area is 124 Å². The number of rotatable bonds is 2. The Kier molecular flexibility index (Phi) is 4.39. The molecule has 1 saturated heterocycles. The van der Waals surface area contributed by atoms with Crippen molar-refractivity contribution in [2.24, 2.45) is 22.2 Å². The van der Waals surface area contributed by atoms with E-state index in [0.717, 1.165) is 6.42 Å². The average Bonchev–Trinajstić information content (AvgIpc) is 2.67. The van der Waals surface area contributed by atoms with Gasteiger partial charge in [-0.2, -0.15) is 0 Å². The molecule has 7 heteroatoms. The van der Waals surface area contributed by atoms with E-state index in [9.17, 15) is 9.59 Å². The Morgan fingerprint density at radius 3 is 2.29 bits per heavy atom. The molecule has 0 aromatic carbocycles. The molecule has 2 rings (SSSR count). The van der Waals surface area contributed by atoms with Crippen molar-refractivity contribution in [1.82, 2.24) is 9.80 Å². The van der Waals surface area contributed by atoms with Crippen LogP contribution in [0, 0.1) is 11.3 Å². The van der Waals surface area contributed by atoms with Crippen molar-refractivity contribution in [3.05, 3.63) is 0 Å². The van der Waals surface area contributed by atoms with Gasteiger partial charge in [-0.1, -0.05) is 12.1 Å². The Morgan fingerprint density at radius 1 is 1.19 bits per heavy atom. The molecular weight excluding hydrogens is 272 g/mol. The summed E-state index contributed by atoms with van der Waals surface area (Å²) in [6.07, 6.45) is 2.00. The smallest absolute Gasteiger partial charge is 0.236 e. The second-order valence-electron chi connectivity index (χ2n) is 6.23. The molecule has 118 valence electrons. The van der Waals surface area contributed by atoms with E-state index in [0.29, 0.717) is 44.9 Å². The van der Waals surface area contributed by atoms with E-state index in [1.165, 1.54) is 0 Å². The maximum absolute atomic E-state index is 12.8. The van der Waals surface area contributed by atoms with Crippen LogP contribution in [-0.4, -0.2) is 58.8 Å². The molecule has 0 atom stereocenters. The third kappa shape index (κ3) is 2.82. The largest absolute Gasteiger partial charge is 0.409 e. The highest BCUT2D eigenvalue weighted by molar-refractivity contribution is 6.07. The molecular formula is C14H24N4O3. The highest BCUT2D eigenvalue weighted by Gasteiger charge is 2.53. The number of carbonyl (C=O) groups is 2. The summed E-state index contributed by atoms with van der Waals surface area (Å²) in [6.45, 7) is 5.93. The Hall–Kier alpha value is -1.79. The lowest BCUT2D eigenvalue weighted by Crippen LogP contribution is -2.58. The molecule has 0 unspecified atom stereocenters. The van der Waals surface area contributed by atoms with Crippen LogP contribution in [0.15, 0.2) is 5.16 Å². The number of oxime groups is 1. The molecule has 2 fully saturated rings. The number of hydrogen-bond acceptors (Lipinski definition) is 4. The molecule has 0 bridgehead atoms. The first-order chi connectivity index (χ1) is 9.90. The van der Waals surface area contributed by atoms with Gasteiger partial charge in [-0.05, 0) is 25.2 Å². The summed E-state index contributed by atoms with van der Waals surface area (Å²) in [4.78, 5) is 27.8. The summed E-state index contributed by atoms with van der Waals surface area (Å²) in [7, 11) is 0. The monoisotopic (exact) mass is 296 g/mol. The summed E-state index contributed by atoms with van der Waals surface area (Å²) in [6, 6.07) is 0. The van der Waals surface area contributed by atoms with Gasteiger partial charge in [0.15, 0.2) is 5.84 Å². The van der Waals surface area contributed by atoms with Gasteiger partial charge in [0, 0.05) is 33.1 Å². The van der Waals surface area contributed by atoms with Crippen LogP contribution in [-0.2, 0) is 9.59 Å². The normalized spacial score (nSPS) is 30.6. The molecule has 21 heavy (non-hydrogen) atoms. The van der Waals surface area contributed by atoms with Crippen LogP contribution in [0.25, 0.3) is 0 Å². The first-order valence-corrected chi connectivity index (χ1v) is 7.43. The second kappa shape index (κ2) is 5.91. The van der Waals surface area contributed by atoms with Gasteiger partial charge < -0.3 is 20.7 Å². The zero-order valence-electron chi connectivity index (χ0n) is 12.7. The van der Waals surface area contributed by atoms with E-state index in [1.807, 2.05) is 0 Å². The van der Waals surface area contributed by atoms with Crippen molar-refractivity contribution < 1.29 is 14.8 Å². The van der Waals surface area contributed by atoms with Crippen LogP contribution < -0.4 is 5.73 Å². The van der Waals surface area contributed by atoms with Gasteiger partial charge in [0.25, 0.3) is 0 Å². The third-order valence-electron chi connectivity index (χ3n) is 4.63. The van der Waals surface area contributed by atoms with E-state index in [4.69, 9.17) is 10.9 Å². The lowest BCUT2D eigenvalue weighted by atomic mass is 9.61. The van der Waals surface area contributed by atoms with E-state index in [2.05, 4.69) is 12.1 Å². The van der Waals surface area contributed by atoms with Crippen molar-refractivity contribution in [2.45, 2.75) is 33.1 Å². The fourth-order valence-corrected chi connectivity index (χ4v) is 3.46. The first-order valence-electron chi connectivity index (χ1n) is 7.43. The van der Waals surface area contributed by atoms with Crippen LogP contribution in [0.5, 0.6) is 0 Å². The Bertz CT molecular complexity index is 457. The molecule has 7 nitrogen and oxygen atoms in total. The summed E-state index contributed by atoms with van der Waals surface area (Å²) in [5.41, 5.74) is 4.94. The number of nitrogens with two attached hydrogens (primary N) is 1. The van der Waals surface area contributed by atoms with Gasteiger partial charge in [-0.15, -0.1) is 0 Å². The van der Waals surface area contributed by atoms with Crippen molar-refractivity contribution in [1.29, 1.82) is 0 Å². The standard InChI is InChI=1S/C14H24N4O3/c1-10-8-14(9-10,12(15)16-21)13(20)18-5-3-4-17(6-7-18)11(2)19/h10,21H,3-9H2,1-2H3,(H2,15,16). The highest BCUT2D eigenvalue weighted by Crippen LogP contribution is 2.47. The molecule has 0 spiro atoms. The number of carbonyl (C=O) groups excluding carboxylic acids is 2. The van der Waals surface area contributed by atoms with Gasteiger partial charge >= 0.3 is 0 Å².